The van der Waals surface area contributed by atoms with E-state index < -0.39 is 0 Å². The van der Waals surface area contributed by atoms with Crippen LogP contribution in [0.5, 0.6) is 0 Å². The summed E-state index contributed by atoms with van der Waals surface area (Å²) in [7, 11) is 4.05. The predicted molar refractivity (Wildman–Crippen MR) is 99.2 cm³/mol. The van der Waals surface area contributed by atoms with Gasteiger partial charge in [-0.2, -0.15) is 0 Å². The van der Waals surface area contributed by atoms with Gasteiger partial charge in [0.2, 0.25) is 0 Å². The Balaban J connectivity index is 0.00000361. The van der Waals surface area contributed by atoms with Crippen LogP contribution < -0.4 is 10.6 Å². The number of hydrogen-bond donors (Lipinski definition) is 2. The van der Waals surface area contributed by atoms with E-state index in [-0.39, 0.29) is 24.0 Å². The Bertz CT molecular complexity index is 265. The number of rotatable bonds is 6. The molecule has 1 saturated carbocycles. The van der Waals surface area contributed by atoms with E-state index in [9.17, 15) is 0 Å². The van der Waals surface area contributed by atoms with Gasteiger partial charge in [-0.1, -0.05) is 26.2 Å². The van der Waals surface area contributed by atoms with Gasteiger partial charge in [0, 0.05) is 32.2 Å². The van der Waals surface area contributed by atoms with Crippen molar-refractivity contribution in [3.8, 4) is 0 Å². The molecule has 1 atom stereocenters. The number of aliphatic imine (C=N–C) groups is 1. The summed E-state index contributed by atoms with van der Waals surface area (Å²) in [6, 6.07) is 1.27. The summed E-state index contributed by atoms with van der Waals surface area (Å²) in [6.45, 7) is 6.51. The van der Waals surface area contributed by atoms with E-state index in [1.165, 1.54) is 38.5 Å². The van der Waals surface area contributed by atoms with Gasteiger partial charge in [0.25, 0.3) is 0 Å². The Morgan fingerprint density at radius 3 is 2.50 bits per heavy atom. The first kappa shape index (κ1) is 20.0. The fourth-order valence-corrected chi connectivity index (χ4v) is 2.52. The molecule has 0 aromatic heterocycles. The minimum absolute atomic E-state index is 0. The van der Waals surface area contributed by atoms with Crippen LogP contribution in [0, 0.1) is 0 Å². The van der Waals surface area contributed by atoms with E-state index >= 15 is 0 Å². The molecule has 0 saturated heterocycles. The fourth-order valence-electron chi connectivity index (χ4n) is 2.52. The molecule has 4 nitrogen and oxygen atoms in total. The van der Waals surface area contributed by atoms with Gasteiger partial charge < -0.3 is 15.5 Å². The summed E-state index contributed by atoms with van der Waals surface area (Å²) in [5, 5.41) is 6.97. The van der Waals surface area contributed by atoms with Crippen LogP contribution in [0.15, 0.2) is 4.99 Å². The van der Waals surface area contributed by atoms with Gasteiger partial charge in [-0.15, -0.1) is 24.0 Å². The molecule has 5 heteroatoms. The summed E-state index contributed by atoms with van der Waals surface area (Å²) in [5.41, 5.74) is 0. The summed E-state index contributed by atoms with van der Waals surface area (Å²) in [5.74, 6) is 0.962. The van der Waals surface area contributed by atoms with Crippen molar-refractivity contribution in [1.82, 2.24) is 15.5 Å². The van der Waals surface area contributed by atoms with Crippen molar-refractivity contribution in [2.24, 2.45) is 4.99 Å². The summed E-state index contributed by atoms with van der Waals surface area (Å²) in [6.07, 6.45) is 7.87. The van der Waals surface area contributed by atoms with E-state index in [0.717, 1.165) is 19.0 Å². The molecule has 120 valence electrons. The number of nitrogens with one attached hydrogen (secondary N) is 2. The Hall–Kier alpha value is -0.0400. The average molecular weight is 396 g/mol. The number of likely N-dealkylation sites (N-methyl/N-ethyl adjacent to an activating group) is 1. The molecule has 0 aliphatic heterocycles. The van der Waals surface area contributed by atoms with Crippen molar-refractivity contribution in [3.05, 3.63) is 0 Å². The molecule has 1 unspecified atom stereocenters. The van der Waals surface area contributed by atoms with Gasteiger partial charge in [-0.05, 0) is 33.2 Å². The number of halogens is 1. The quantitative estimate of drug-likeness (QED) is 0.412. The maximum Gasteiger partial charge on any atom is 0.191 e. The zero-order chi connectivity index (χ0) is 14.1. The molecule has 0 aromatic rings. The van der Waals surface area contributed by atoms with E-state index in [4.69, 9.17) is 0 Å². The second kappa shape index (κ2) is 11.6. The number of hydrogen-bond acceptors (Lipinski definition) is 2. The van der Waals surface area contributed by atoms with Gasteiger partial charge in [0.15, 0.2) is 5.96 Å². The zero-order valence-electron chi connectivity index (χ0n) is 13.6. The SMILES string of the molecule is CCC(C)N(C)CCNC(=NC)NC1CCCCC1.I. The third-order valence-corrected chi connectivity index (χ3v) is 4.27. The number of guanidine groups is 1. The molecule has 0 bridgehead atoms. The maximum absolute atomic E-state index is 4.32. The third-order valence-electron chi connectivity index (χ3n) is 4.27. The fraction of sp³-hybridized carbons (Fsp3) is 0.933. The molecule has 1 aliphatic rings. The van der Waals surface area contributed by atoms with Crippen LogP contribution >= 0.6 is 24.0 Å². The Morgan fingerprint density at radius 1 is 1.30 bits per heavy atom. The minimum Gasteiger partial charge on any atom is -0.355 e. The molecule has 0 spiro atoms. The summed E-state index contributed by atoms with van der Waals surface area (Å²) < 4.78 is 0. The topological polar surface area (TPSA) is 39.7 Å². The van der Waals surface area contributed by atoms with Crippen LogP contribution in [0.25, 0.3) is 0 Å². The highest BCUT2D eigenvalue weighted by atomic mass is 127. The van der Waals surface area contributed by atoms with Gasteiger partial charge in [0.05, 0.1) is 0 Å². The van der Waals surface area contributed by atoms with Gasteiger partial charge in [0.1, 0.15) is 0 Å². The monoisotopic (exact) mass is 396 g/mol. The second-order valence-corrected chi connectivity index (χ2v) is 5.72. The standard InChI is InChI=1S/C15H32N4.HI/c1-5-13(2)19(4)12-11-17-15(16-3)18-14-9-7-6-8-10-14;/h13-14H,5-12H2,1-4H3,(H2,16,17,18);1H. The highest BCUT2D eigenvalue weighted by Crippen LogP contribution is 2.17. The third kappa shape index (κ3) is 7.67. The largest absolute Gasteiger partial charge is 0.355 e. The Labute approximate surface area is 142 Å². The van der Waals surface area contributed by atoms with Crippen molar-refractivity contribution in [1.29, 1.82) is 0 Å². The van der Waals surface area contributed by atoms with E-state index in [1.54, 1.807) is 0 Å². The molecule has 0 amide bonds. The average Bonchev–Trinajstić information content (AvgIpc) is 2.46. The van der Waals surface area contributed by atoms with Crippen LogP contribution in [0.3, 0.4) is 0 Å². The van der Waals surface area contributed by atoms with Crippen molar-refractivity contribution in [2.45, 2.75) is 64.5 Å². The lowest BCUT2D eigenvalue weighted by atomic mass is 9.96. The molecule has 1 fully saturated rings. The van der Waals surface area contributed by atoms with Crippen LogP contribution in [0.2, 0.25) is 0 Å². The molecule has 0 radical (unpaired) electrons. The highest BCUT2D eigenvalue weighted by Gasteiger charge is 2.14. The molecule has 20 heavy (non-hydrogen) atoms. The molecular formula is C15H33IN4. The lowest BCUT2D eigenvalue weighted by Gasteiger charge is -2.26. The first-order valence-corrected chi connectivity index (χ1v) is 7.84. The molecule has 2 N–H and O–H groups in total. The Morgan fingerprint density at radius 2 is 1.95 bits per heavy atom. The zero-order valence-corrected chi connectivity index (χ0v) is 15.9. The van der Waals surface area contributed by atoms with E-state index in [2.05, 4.69) is 41.4 Å². The first-order chi connectivity index (χ1) is 9.17. The van der Waals surface area contributed by atoms with Gasteiger partial charge >= 0.3 is 0 Å². The van der Waals surface area contributed by atoms with Crippen molar-refractivity contribution < 1.29 is 0 Å². The summed E-state index contributed by atoms with van der Waals surface area (Å²) >= 11 is 0. The molecule has 1 aliphatic carbocycles. The van der Waals surface area contributed by atoms with Crippen molar-refractivity contribution >= 4 is 29.9 Å². The van der Waals surface area contributed by atoms with Crippen LogP contribution in [0.4, 0.5) is 0 Å². The lowest BCUT2D eigenvalue weighted by Crippen LogP contribution is -2.46. The van der Waals surface area contributed by atoms with Crippen molar-refractivity contribution in [2.75, 3.05) is 27.2 Å². The molecular weight excluding hydrogens is 363 g/mol. The van der Waals surface area contributed by atoms with Crippen molar-refractivity contribution in [3.63, 3.8) is 0 Å². The smallest absolute Gasteiger partial charge is 0.191 e. The second-order valence-electron chi connectivity index (χ2n) is 5.72. The van der Waals surface area contributed by atoms with E-state index in [0.29, 0.717) is 12.1 Å². The van der Waals surface area contributed by atoms with Crippen LogP contribution in [0.1, 0.15) is 52.4 Å². The maximum atomic E-state index is 4.32. The van der Waals surface area contributed by atoms with Gasteiger partial charge in [-0.25, -0.2) is 0 Å². The highest BCUT2D eigenvalue weighted by molar-refractivity contribution is 14.0. The van der Waals surface area contributed by atoms with Crippen LogP contribution in [-0.2, 0) is 0 Å². The predicted octanol–water partition coefficient (Wildman–Crippen LogP) is 2.83. The lowest BCUT2D eigenvalue weighted by molar-refractivity contribution is 0.255. The Kier molecular flexibility index (Phi) is 11.6. The molecule has 0 aromatic carbocycles. The number of nitrogens with zero attached hydrogens (tertiary/aromatic N) is 2. The minimum atomic E-state index is 0. The van der Waals surface area contributed by atoms with Gasteiger partial charge in [-0.3, -0.25) is 4.99 Å². The van der Waals surface area contributed by atoms with Crippen LogP contribution in [-0.4, -0.2) is 50.1 Å². The summed E-state index contributed by atoms with van der Waals surface area (Å²) in [4.78, 5) is 6.71. The molecule has 0 heterocycles. The molecule has 1 rings (SSSR count). The first-order valence-electron chi connectivity index (χ1n) is 7.84. The van der Waals surface area contributed by atoms with E-state index in [1.807, 2.05) is 7.05 Å². The normalized spacial score (nSPS) is 18.6.